The van der Waals surface area contributed by atoms with E-state index in [1.165, 1.54) is 308 Å². The molecule has 19 nitrogen and oxygen atoms in total. The SMILES string of the molecule is CCCCCCCCCC/C=C\CCCCCCCCCCCCCCCCCC(=O)NC(COC1OC(CO)C(OC2OC(CO)C(OC3OC(CO)C(O)C(O)C3O)C(O)C2O)C(O)C1O)C(O)CCCCCCCCCCCCCCCCCCCCCCCCCCCCCCCCC. The van der Waals surface area contributed by atoms with Crippen LogP contribution in [-0.4, -0.2) is 193 Å². The third kappa shape index (κ3) is 44.8. The molecular weight excluding hydrogens is 1310 g/mol. The molecule has 1 amide bonds. The van der Waals surface area contributed by atoms with Crippen LogP contribution in [0.25, 0.3) is 0 Å². The number of nitrogens with one attached hydrogen (secondary N) is 1. The largest absolute Gasteiger partial charge is 0.394 e. The van der Waals surface area contributed by atoms with Crippen molar-refractivity contribution in [3.63, 3.8) is 0 Å². The fraction of sp³-hybridized carbons (Fsp3) is 0.964. The van der Waals surface area contributed by atoms with Crippen LogP contribution in [0.2, 0.25) is 0 Å². The third-order valence-corrected chi connectivity index (χ3v) is 22.1. The maximum atomic E-state index is 13.5. The molecule has 17 atom stereocenters. The van der Waals surface area contributed by atoms with Crippen molar-refractivity contribution in [1.82, 2.24) is 5.32 Å². The molecule has 19 heteroatoms. The minimum atomic E-state index is -1.97. The van der Waals surface area contributed by atoms with Gasteiger partial charge in [-0.1, -0.05) is 353 Å². The van der Waals surface area contributed by atoms with Gasteiger partial charge in [-0.2, -0.15) is 0 Å². The van der Waals surface area contributed by atoms with Crippen molar-refractivity contribution in [2.24, 2.45) is 0 Å². The number of aliphatic hydroxyl groups is 11. The molecule has 610 valence electrons. The summed E-state index contributed by atoms with van der Waals surface area (Å²) in [5.41, 5.74) is 0. The number of aliphatic hydroxyl groups excluding tert-OH is 11. The summed E-state index contributed by atoms with van der Waals surface area (Å²) in [4.78, 5) is 13.5. The van der Waals surface area contributed by atoms with Crippen LogP contribution >= 0.6 is 0 Å². The molecule has 103 heavy (non-hydrogen) atoms. The molecule has 0 saturated carbocycles. The Morgan fingerprint density at radius 3 is 0.942 bits per heavy atom. The second-order valence-electron chi connectivity index (χ2n) is 31.4. The summed E-state index contributed by atoms with van der Waals surface area (Å²) in [5, 5.41) is 121. The summed E-state index contributed by atoms with van der Waals surface area (Å²) in [7, 11) is 0. The smallest absolute Gasteiger partial charge is 0.220 e. The predicted molar refractivity (Wildman–Crippen MR) is 411 cm³/mol. The highest BCUT2D eigenvalue weighted by Crippen LogP contribution is 2.34. The van der Waals surface area contributed by atoms with Gasteiger partial charge in [-0.05, 0) is 38.5 Å². The molecule has 3 rings (SSSR count). The zero-order valence-electron chi connectivity index (χ0n) is 65.6. The number of unbranched alkanes of at least 4 members (excludes halogenated alkanes) is 53. The number of amides is 1. The zero-order chi connectivity index (χ0) is 74.6. The van der Waals surface area contributed by atoms with E-state index in [1.807, 2.05) is 0 Å². The first-order valence-electron chi connectivity index (χ1n) is 43.4. The molecule has 3 fully saturated rings. The first-order chi connectivity index (χ1) is 50.3. The normalized spacial score (nSPS) is 26.0. The van der Waals surface area contributed by atoms with E-state index in [-0.39, 0.29) is 18.9 Å². The van der Waals surface area contributed by atoms with Gasteiger partial charge in [0.15, 0.2) is 18.9 Å². The molecule has 0 aromatic rings. The van der Waals surface area contributed by atoms with E-state index in [9.17, 15) is 61.0 Å². The summed E-state index contributed by atoms with van der Waals surface area (Å²) in [6.45, 7) is 1.88. The first-order valence-corrected chi connectivity index (χ1v) is 43.4. The standard InChI is InChI=1S/C84H161NO18/c1-3-5-7-9-11-13-15-17-19-21-23-25-27-29-31-32-33-34-36-37-39-41-43-45-47-49-51-53-55-57-59-61-68(89)67(85-72(90)62-60-58-56-54-52-50-48-46-44-42-40-38-35-30-28-26-24-22-20-18-16-14-12-10-8-6-4-2)66-98-82-78(96)75(93)80(70(64-87)100-82)103-84-79(97)76(94)81(71(65-88)101-84)102-83-77(95)74(92)73(91)69(63-86)99-83/h22,24,67-71,73-84,86-89,91-97H,3-21,23,25-66H2,1-2H3,(H,85,90)/b24-22-. The molecule has 0 aliphatic carbocycles. The molecule has 0 aromatic carbocycles. The summed E-state index contributed by atoms with van der Waals surface area (Å²) < 4.78 is 34.6. The van der Waals surface area contributed by atoms with Gasteiger partial charge in [-0.3, -0.25) is 4.79 Å². The van der Waals surface area contributed by atoms with Crippen LogP contribution in [-0.2, 0) is 33.2 Å². The minimum absolute atomic E-state index is 0.234. The van der Waals surface area contributed by atoms with Gasteiger partial charge in [0.2, 0.25) is 5.91 Å². The number of hydrogen-bond acceptors (Lipinski definition) is 18. The third-order valence-electron chi connectivity index (χ3n) is 22.1. The maximum absolute atomic E-state index is 13.5. The van der Waals surface area contributed by atoms with E-state index in [2.05, 4.69) is 31.3 Å². The van der Waals surface area contributed by atoms with Gasteiger partial charge < -0.3 is 89.9 Å². The van der Waals surface area contributed by atoms with Crippen LogP contribution in [0.15, 0.2) is 12.2 Å². The number of rotatable bonds is 71. The Bertz CT molecular complexity index is 1910. The molecule has 3 aliphatic rings. The molecule has 3 aliphatic heterocycles. The highest BCUT2D eigenvalue weighted by molar-refractivity contribution is 5.76. The fourth-order valence-corrected chi connectivity index (χ4v) is 15.1. The topological polar surface area (TPSA) is 307 Å². The highest BCUT2D eigenvalue weighted by atomic mass is 16.8. The van der Waals surface area contributed by atoms with Gasteiger partial charge in [0.05, 0.1) is 38.6 Å². The minimum Gasteiger partial charge on any atom is -0.394 e. The zero-order valence-corrected chi connectivity index (χ0v) is 65.6. The van der Waals surface area contributed by atoms with Crippen LogP contribution in [0, 0.1) is 0 Å². The molecule has 12 N–H and O–H groups in total. The average molecular weight is 1470 g/mol. The van der Waals surface area contributed by atoms with Crippen molar-refractivity contribution in [3.05, 3.63) is 12.2 Å². The Hall–Kier alpha value is -1.47. The lowest BCUT2D eigenvalue weighted by atomic mass is 9.96. The van der Waals surface area contributed by atoms with Crippen LogP contribution in [0.1, 0.15) is 386 Å². The van der Waals surface area contributed by atoms with Crippen molar-refractivity contribution >= 4 is 5.91 Å². The van der Waals surface area contributed by atoms with Gasteiger partial charge in [-0.15, -0.1) is 0 Å². The van der Waals surface area contributed by atoms with E-state index >= 15 is 0 Å². The van der Waals surface area contributed by atoms with Crippen molar-refractivity contribution in [3.8, 4) is 0 Å². The monoisotopic (exact) mass is 1470 g/mol. The quantitative estimate of drug-likeness (QED) is 0.0199. The second-order valence-corrected chi connectivity index (χ2v) is 31.4. The Morgan fingerprint density at radius 2 is 0.612 bits per heavy atom. The average Bonchev–Trinajstić information content (AvgIpc) is 0.781. The van der Waals surface area contributed by atoms with E-state index < -0.39 is 124 Å². The highest BCUT2D eigenvalue weighted by Gasteiger charge is 2.54. The van der Waals surface area contributed by atoms with Crippen molar-refractivity contribution in [2.45, 2.75) is 491 Å². The molecule has 0 bridgehead atoms. The molecular formula is C84H161NO18. The molecule has 0 radical (unpaired) electrons. The second kappa shape index (κ2) is 65.3. The van der Waals surface area contributed by atoms with Crippen molar-refractivity contribution < 1.29 is 89.4 Å². The lowest BCUT2D eigenvalue weighted by molar-refractivity contribution is -0.379. The number of hydrogen-bond donors (Lipinski definition) is 12. The van der Waals surface area contributed by atoms with Gasteiger partial charge in [-0.25, -0.2) is 0 Å². The summed E-state index contributed by atoms with van der Waals surface area (Å²) >= 11 is 0. The Balaban J connectivity index is 1.34. The summed E-state index contributed by atoms with van der Waals surface area (Å²) in [6.07, 6.45) is 51.7. The van der Waals surface area contributed by atoms with E-state index in [0.717, 1.165) is 44.9 Å². The lowest BCUT2D eigenvalue weighted by Gasteiger charge is -2.48. The summed E-state index contributed by atoms with van der Waals surface area (Å²) in [5.74, 6) is -0.234. The number of carbonyl (C=O) groups is 1. The van der Waals surface area contributed by atoms with Gasteiger partial charge in [0.1, 0.15) is 73.2 Å². The Morgan fingerprint density at radius 1 is 0.340 bits per heavy atom. The molecule has 3 heterocycles. The van der Waals surface area contributed by atoms with E-state index in [1.54, 1.807) is 0 Å². The number of carbonyl (C=O) groups excluding carboxylic acids is 1. The van der Waals surface area contributed by atoms with Crippen molar-refractivity contribution in [2.75, 3.05) is 26.4 Å². The predicted octanol–water partition coefficient (Wildman–Crippen LogP) is 15.5. The first kappa shape index (κ1) is 95.7. The molecule has 0 aromatic heterocycles. The molecule has 3 saturated heterocycles. The maximum Gasteiger partial charge on any atom is 0.220 e. The Labute approximate surface area is 626 Å². The molecule has 0 spiro atoms. The van der Waals surface area contributed by atoms with E-state index in [0.29, 0.717) is 12.8 Å². The van der Waals surface area contributed by atoms with E-state index in [4.69, 9.17) is 28.4 Å². The van der Waals surface area contributed by atoms with Crippen LogP contribution < -0.4 is 5.32 Å². The van der Waals surface area contributed by atoms with Crippen molar-refractivity contribution in [1.29, 1.82) is 0 Å². The number of allylic oxidation sites excluding steroid dienone is 2. The lowest BCUT2D eigenvalue weighted by Crippen LogP contribution is -2.66. The van der Waals surface area contributed by atoms with Gasteiger partial charge in [0.25, 0.3) is 0 Å². The van der Waals surface area contributed by atoms with Gasteiger partial charge in [0, 0.05) is 6.42 Å². The van der Waals surface area contributed by atoms with Crippen LogP contribution in [0.5, 0.6) is 0 Å². The Kier molecular flexibility index (Phi) is 60.7. The summed E-state index contributed by atoms with van der Waals surface area (Å²) in [6, 6.07) is -0.886. The molecule has 17 unspecified atom stereocenters. The van der Waals surface area contributed by atoms with Crippen LogP contribution in [0.4, 0.5) is 0 Å². The fourth-order valence-electron chi connectivity index (χ4n) is 15.1. The van der Waals surface area contributed by atoms with Gasteiger partial charge >= 0.3 is 0 Å². The number of ether oxygens (including phenoxy) is 6. The van der Waals surface area contributed by atoms with Crippen LogP contribution in [0.3, 0.4) is 0 Å².